The van der Waals surface area contributed by atoms with Crippen molar-refractivity contribution >= 4 is 29.4 Å². The summed E-state index contributed by atoms with van der Waals surface area (Å²) in [6, 6.07) is 7.23. The van der Waals surface area contributed by atoms with Gasteiger partial charge in [0.25, 0.3) is 11.8 Å². The summed E-state index contributed by atoms with van der Waals surface area (Å²) in [5, 5.41) is 2.26. The summed E-state index contributed by atoms with van der Waals surface area (Å²) in [7, 11) is 3.09. The Kier molecular flexibility index (Phi) is 10.9. The molecule has 1 aliphatic heterocycles. The van der Waals surface area contributed by atoms with Crippen LogP contribution in [0, 0.1) is 0 Å². The van der Waals surface area contributed by atoms with E-state index in [4.69, 9.17) is 49.5 Å². The van der Waals surface area contributed by atoms with E-state index in [0.717, 1.165) is 0 Å². The number of ether oxygens (including phenoxy) is 8. The van der Waals surface area contributed by atoms with Gasteiger partial charge in [-0.1, -0.05) is 17.7 Å². The predicted octanol–water partition coefficient (Wildman–Crippen LogP) is 2.21. The lowest BCUT2D eigenvalue weighted by Crippen LogP contribution is -2.21. The molecule has 0 saturated heterocycles. The highest BCUT2D eigenvalue weighted by atomic mass is 35.5. The molecule has 1 N–H and O–H groups in total. The van der Waals surface area contributed by atoms with Gasteiger partial charge >= 0.3 is 5.97 Å². The Balaban J connectivity index is 1.65. The van der Waals surface area contributed by atoms with E-state index >= 15 is 0 Å². The third-order valence-corrected chi connectivity index (χ3v) is 5.01. The van der Waals surface area contributed by atoms with Crippen LogP contribution >= 0.6 is 11.6 Å². The molecule has 0 saturated carbocycles. The van der Waals surface area contributed by atoms with Crippen LogP contribution in [0.1, 0.15) is 20.7 Å². The summed E-state index contributed by atoms with van der Waals surface area (Å²) < 4.78 is 42.4. The summed E-state index contributed by atoms with van der Waals surface area (Å²) in [6.07, 6.45) is 0. The number of carbonyl (C=O) groups excluding carboxylic acids is 3. The first-order chi connectivity index (χ1) is 17.9. The lowest BCUT2D eigenvalue weighted by atomic mass is 10.1. The van der Waals surface area contributed by atoms with Gasteiger partial charge in [0.2, 0.25) is 0 Å². The Bertz CT molecular complexity index is 1110. The Hall–Kier alpha value is -3.42. The Morgan fingerprint density at radius 1 is 0.865 bits per heavy atom. The number of hydrogen-bond donors (Lipinski definition) is 1. The average molecular weight is 540 g/mol. The number of fused-ring (bicyclic) bond motifs is 1. The van der Waals surface area contributed by atoms with Crippen molar-refractivity contribution < 1.29 is 52.3 Å². The topological polar surface area (TPSA) is 137 Å². The standard InChI is InChI=1S/C24H26ClNO11/c1-30-6-8-32-13-35-19-11-15(10-17(25)22(19)36-14-33-9-7-31-2)37-20(27)12-34-18-5-3-4-16-21(18)24(29)26-23(16)28/h3-5,10-11H,6-9,12-14H2,1-2H3,(H,26,28,29). The number of methoxy groups -OCH3 is 2. The molecule has 0 aromatic heterocycles. The quantitative estimate of drug-likeness (QED) is 0.110. The summed E-state index contributed by atoms with van der Waals surface area (Å²) >= 11 is 6.34. The number of amides is 2. The van der Waals surface area contributed by atoms with Crippen LogP contribution in [0.25, 0.3) is 0 Å². The fourth-order valence-electron chi connectivity index (χ4n) is 3.06. The molecule has 13 heteroatoms. The smallest absolute Gasteiger partial charge is 0.349 e. The minimum absolute atomic E-state index is 0.0457. The second-order valence-electron chi connectivity index (χ2n) is 7.28. The van der Waals surface area contributed by atoms with Crippen molar-refractivity contribution in [3.63, 3.8) is 0 Å². The van der Waals surface area contributed by atoms with Crippen LogP contribution in [0.4, 0.5) is 0 Å². The molecular formula is C24H26ClNO11. The molecule has 2 amide bonds. The average Bonchev–Trinajstić information content (AvgIpc) is 3.17. The maximum atomic E-state index is 12.4. The van der Waals surface area contributed by atoms with Gasteiger partial charge in [0.1, 0.15) is 11.5 Å². The highest BCUT2D eigenvalue weighted by molar-refractivity contribution is 6.32. The van der Waals surface area contributed by atoms with Gasteiger partial charge in [0.15, 0.2) is 31.7 Å². The monoisotopic (exact) mass is 539 g/mol. The molecule has 0 unspecified atom stereocenters. The van der Waals surface area contributed by atoms with Gasteiger partial charge in [-0.05, 0) is 12.1 Å². The van der Waals surface area contributed by atoms with E-state index < -0.39 is 24.4 Å². The first-order valence-corrected chi connectivity index (χ1v) is 11.4. The van der Waals surface area contributed by atoms with E-state index in [9.17, 15) is 14.4 Å². The predicted molar refractivity (Wildman–Crippen MR) is 127 cm³/mol. The SMILES string of the molecule is COCCOCOc1cc(OC(=O)COc2cccc3c2C(=O)NC3=O)cc(Cl)c1OCOCCOC. The minimum Gasteiger partial charge on any atom is -0.481 e. The first-order valence-electron chi connectivity index (χ1n) is 11.0. The zero-order valence-corrected chi connectivity index (χ0v) is 21.0. The van der Waals surface area contributed by atoms with E-state index in [1.165, 1.54) is 30.3 Å². The maximum Gasteiger partial charge on any atom is 0.349 e. The van der Waals surface area contributed by atoms with E-state index in [2.05, 4.69) is 5.32 Å². The van der Waals surface area contributed by atoms with Gasteiger partial charge in [-0.25, -0.2) is 4.79 Å². The Morgan fingerprint density at radius 3 is 2.27 bits per heavy atom. The van der Waals surface area contributed by atoms with Crippen LogP contribution in [0.2, 0.25) is 5.02 Å². The van der Waals surface area contributed by atoms with Crippen molar-refractivity contribution in [2.75, 3.05) is 60.8 Å². The molecule has 2 aromatic rings. The van der Waals surface area contributed by atoms with Gasteiger partial charge in [-0.15, -0.1) is 0 Å². The second kappa shape index (κ2) is 14.4. The van der Waals surface area contributed by atoms with Gasteiger partial charge in [-0.2, -0.15) is 0 Å². The van der Waals surface area contributed by atoms with Crippen molar-refractivity contribution in [1.29, 1.82) is 0 Å². The van der Waals surface area contributed by atoms with Crippen LogP contribution in [-0.2, 0) is 23.7 Å². The Labute approximate surface area is 217 Å². The van der Waals surface area contributed by atoms with Gasteiger partial charge < -0.3 is 37.9 Å². The van der Waals surface area contributed by atoms with E-state index in [0.29, 0.717) is 26.4 Å². The molecule has 3 rings (SSSR count). The zero-order chi connectivity index (χ0) is 26.6. The molecule has 0 fully saturated rings. The van der Waals surface area contributed by atoms with Crippen LogP contribution in [0.5, 0.6) is 23.0 Å². The highest BCUT2D eigenvalue weighted by Crippen LogP contribution is 2.39. The molecule has 0 spiro atoms. The molecule has 0 radical (unpaired) electrons. The van der Waals surface area contributed by atoms with Crippen LogP contribution < -0.4 is 24.3 Å². The molecule has 0 aliphatic carbocycles. The van der Waals surface area contributed by atoms with Crippen LogP contribution in [0.15, 0.2) is 30.3 Å². The summed E-state index contributed by atoms with van der Waals surface area (Å²) in [5.41, 5.74) is 0.223. The number of hydrogen-bond acceptors (Lipinski definition) is 11. The minimum atomic E-state index is -0.794. The number of nitrogens with one attached hydrogen (secondary N) is 1. The molecule has 37 heavy (non-hydrogen) atoms. The van der Waals surface area contributed by atoms with E-state index in [1.54, 1.807) is 14.2 Å². The van der Waals surface area contributed by atoms with Crippen molar-refractivity contribution in [1.82, 2.24) is 5.32 Å². The molecule has 0 bridgehead atoms. The van der Waals surface area contributed by atoms with Crippen molar-refractivity contribution in [2.45, 2.75) is 0 Å². The lowest BCUT2D eigenvalue weighted by Gasteiger charge is -2.16. The highest BCUT2D eigenvalue weighted by Gasteiger charge is 2.30. The Morgan fingerprint density at radius 2 is 1.57 bits per heavy atom. The van der Waals surface area contributed by atoms with E-state index in [1.807, 2.05) is 0 Å². The fourth-order valence-corrected chi connectivity index (χ4v) is 3.32. The molecular weight excluding hydrogens is 514 g/mol. The molecule has 200 valence electrons. The van der Waals surface area contributed by atoms with Crippen LogP contribution in [-0.4, -0.2) is 78.6 Å². The van der Waals surface area contributed by atoms with Gasteiger partial charge in [-0.3, -0.25) is 14.9 Å². The number of halogens is 1. The summed E-state index contributed by atoms with van der Waals surface area (Å²) in [4.78, 5) is 36.2. The molecule has 12 nitrogen and oxygen atoms in total. The van der Waals surface area contributed by atoms with Crippen molar-refractivity contribution in [2.24, 2.45) is 0 Å². The number of esters is 1. The van der Waals surface area contributed by atoms with E-state index in [-0.39, 0.29) is 52.7 Å². The van der Waals surface area contributed by atoms with Crippen LogP contribution in [0.3, 0.4) is 0 Å². The molecule has 1 aliphatic rings. The van der Waals surface area contributed by atoms with Crippen molar-refractivity contribution in [3.8, 4) is 23.0 Å². The van der Waals surface area contributed by atoms with Crippen molar-refractivity contribution in [3.05, 3.63) is 46.5 Å². The first kappa shape index (κ1) is 28.2. The fraction of sp³-hybridized carbons (Fsp3) is 0.375. The largest absolute Gasteiger partial charge is 0.481 e. The number of rotatable bonds is 16. The number of benzene rings is 2. The third kappa shape index (κ3) is 8.03. The molecule has 2 aromatic carbocycles. The molecule has 0 atom stereocenters. The maximum absolute atomic E-state index is 12.4. The molecule has 1 heterocycles. The lowest BCUT2D eigenvalue weighted by molar-refractivity contribution is -0.136. The second-order valence-corrected chi connectivity index (χ2v) is 7.69. The number of imide groups is 1. The zero-order valence-electron chi connectivity index (χ0n) is 20.2. The summed E-state index contributed by atoms with van der Waals surface area (Å²) in [6.45, 7) is 0.531. The van der Waals surface area contributed by atoms with Gasteiger partial charge in [0, 0.05) is 26.4 Å². The third-order valence-electron chi connectivity index (χ3n) is 4.73. The number of carbonyl (C=O) groups is 3. The summed E-state index contributed by atoms with van der Waals surface area (Å²) in [5.74, 6) is -1.52. The van der Waals surface area contributed by atoms with Gasteiger partial charge in [0.05, 0.1) is 42.6 Å². The normalized spacial score (nSPS) is 12.2.